The lowest BCUT2D eigenvalue weighted by Gasteiger charge is -2.12. The molecular formula is C9H18N2O2S. The van der Waals surface area contributed by atoms with E-state index in [0.717, 1.165) is 6.42 Å². The number of rotatable bonds is 7. The lowest BCUT2D eigenvalue weighted by Crippen LogP contribution is -2.34. The summed E-state index contributed by atoms with van der Waals surface area (Å²) >= 11 is 4.04. The molecule has 14 heavy (non-hydrogen) atoms. The molecule has 1 unspecified atom stereocenters. The Morgan fingerprint density at radius 3 is 2.57 bits per heavy atom. The van der Waals surface area contributed by atoms with Gasteiger partial charge in [-0.05, 0) is 6.42 Å². The minimum Gasteiger partial charge on any atom is -0.356 e. The van der Waals surface area contributed by atoms with Gasteiger partial charge in [-0.2, -0.15) is 12.6 Å². The number of thiol groups is 1. The van der Waals surface area contributed by atoms with Gasteiger partial charge >= 0.3 is 0 Å². The van der Waals surface area contributed by atoms with E-state index >= 15 is 0 Å². The van der Waals surface area contributed by atoms with E-state index < -0.39 is 0 Å². The van der Waals surface area contributed by atoms with E-state index in [4.69, 9.17) is 5.73 Å². The Morgan fingerprint density at radius 1 is 1.50 bits per heavy atom. The molecule has 0 aromatic carbocycles. The zero-order chi connectivity index (χ0) is 11.0. The summed E-state index contributed by atoms with van der Waals surface area (Å²) in [5.41, 5.74) is 5.17. The van der Waals surface area contributed by atoms with Crippen LogP contribution in [-0.4, -0.2) is 30.5 Å². The molecule has 0 fully saturated rings. The SMILES string of the molecule is CCCNC(=O)C(CS)CC(=O)CN. The molecule has 5 heteroatoms. The van der Waals surface area contributed by atoms with Gasteiger partial charge in [-0.15, -0.1) is 0 Å². The Balaban J connectivity index is 3.98. The van der Waals surface area contributed by atoms with E-state index in [9.17, 15) is 9.59 Å². The quantitative estimate of drug-likeness (QED) is 0.526. The summed E-state index contributed by atoms with van der Waals surface area (Å²) in [7, 11) is 0. The molecule has 0 saturated heterocycles. The Morgan fingerprint density at radius 2 is 2.14 bits per heavy atom. The topological polar surface area (TPSA) is 72.2 Å². The van der Waals surface area contributed by atoms with Crippen molar-refractivity contribution in [1.29, 1.82) is 0 Å². The van der Waals surface area contributed by atoms with Crippen molar-refractivity contribution in [1.82, 2.24) is 5.32 Å². The second-order valence-electron chi connectivity index (χ2n) is 3.12. The lowest BCUT2D eigenvalue weighted by atomic mass is 10.0. The highest BCUT2D eigenvalue weighted by atomic mass is 32.1. The van der Waals surface area contributed by atoms with Crippen molar-refractivity contribution in [3.63, 3.8) is 0 Å². The summed E-state index contributed by atoms with van der Waals surface area (Å²) in [6.07, 6.45) is 1.07. The predicted molar refractivity (Wildman–Crippen MR) is 59.3 cm³/mol. The van der Waals surface area contributed by atoms with Crippen molar-refractivity contribution in [2.24, 2.45) is 11.7 Å². The van der Waals surface area contributed by atoms with Crippen molar-refractivity contribution in [2.45, 2.75) is 19.8 Å². The van der Waals surface area contributed by atoms with Gasteiger partial charge < -0.3 is 11.1 Å². The number of nitrogens with two attached hydrogens (primary N) is 1. The van der Waals surface area contributed by atoms with E-state index in [2.05, 4.69) is 17.9 Å². The number of hydrogen-bond acceptors (Lipinski definition) is 4. The van der Waals surface area contributed by atoms with Crippen LogP contribution in [0.15, 0.2) is 0 Å². The van der Waals surface area contributed by atoms with Gasteiger partial charge in [0, 0.05) is 18.7 Å². The fourth-order valence-corrected chi connectivity index (χ4v) is 1.29. The monoisotopic (exact) mass is 218 g/mol. The summed E-state index contributed by atoms with van der Waals surface area (Å²) in [5, 5.41) is 2.73. The first kappa shape index (κ1) is 13.4. The fourth-order valence-electron chi connectivity index (χ4n) is 0.991. The van der Waals surface area contributed by atoms with Gasteiger partial charge in [-0.3, -0.25) is 9.59 Å². The largest absolute Gasteiger partial charge is 0.356 e. The molecule has 0 spiro atoms. The number of nitrogens with one attached hydrogen (secondary N) is 1. The van der Waals surface area contributed by atoms with Crippen LogP contribution >= 0.6 is 12.6 Å². The third-order valence-corrected chi connectivity index (χ3v) is 2.28. The van der Waals surface area contributed by atoms with Crippen molar-refractivity contribution in [3.8, 4) is 0 Å². The summed E-state index contributed by atoms with van der Waals surface area (Å²) in [4.78, 5) is 22.5. The number of carbonyl (C=O) groups is 2. The first-order valence-corrected chi connectivity index (χ1v) is 5.39. The maximum Gasteiger partial charge on any atom is 0.224 e. The van der Waals surface area contributed by atoms with Crippen molar-refractivity contribution in [3.05, 3.63) is 0 Å². The molecule has 0 bridgehead atoms. The third kappa shape index (κ3) is 5.24. The van der Waals surface area contributed by atoms with E-state index in [1.807, 2.05) is 6.92 Å². The van der Waals surface area contributed by atoms with Gasteiger partial charge in [-0.1, -0.05) is 6.92 Å². The second kappa shape index (κ2) is 7.82. The zero-order valence-corrected chi connectivity index (χ0v) is 9.35. The van der Waals surface area contributed by atoms with Crippen LogP contribution in [0.1, 0.15) is 19.8 Å². The van der Waals surface area contributed by atoms with Gasteiger partial charge in [0.2, 0.25) is 5.91 Å². The lowest BCUT2D eigenvalue weighted by molar-refractivity contribution is -0.128. The minimum absolute atomic E-state index is 0.00860. The Hall–Kier alpha value is -0.550. The summed E-state index contributed by atoms with van der Waals surface area (Å²) in [5.74, 6) is -0.179. The molecule has 0 heterocycles. The number of hydrogen-bond donors (Lipinski definition) is 3. The first-order valence-electron chi connectivity index (χ1n) is 4.76. The highest BCUT2D eigenvalue weighted by Crippen LogP contribution is 2.06. The molecule has 0 aromatic heterocycles. The van der Waals surface area contributed by atoms with E-state index in [0.29, 0.717) is 12.3 Å². The molecule has 0 saturated carbocycles. The van der Waals surface area contributed by atoms with Crippen LogP contribution in [0.25, 0.3) is 0 Å². The zero-order valence-electron chi connectivity index (χ0n) is 8.45. The molecule has 0 aliphatic heterocycles. The van der Waals surface area contributed by atoms with E-state index in [-0.39, 0.29) is 30.6 Å². The smallest absolute Gasteiger partial charge is 0.224 e. The van der Waals surface area contributed by atoms with Crippen LogP contribution in [0.2, 0.25) is 0 Å². The van der Waals surface area contributed by atoms with Gasteiger partial charge in [0.15, 0.2) is 0 Å². The molecule has 3 N–H and O–H groups in total. The molecule has 0 rings (SSSR count). The number of amides is 1. The number of carbonyl (C=O) groups excluding carboxylic acids is 2. The number of ketones is 1. The van der Waals surface area contributed by atoms with Gasteiger partial charge in [0.1, 0.15) is 5.78 Å². The van der Waals surface area contributed by atoms with Crippen molar-refractivity contribution < 1.29 is 9.59 Å². The Kier molecular flexibility index (Phi) is 7.51. The molecule has 1 amide bonds. The molecule has 0 radical (unpaired) electrons. The standard InChI is InChI=1S/C9H18N2O2S/c1-2-3-11-9(13)7(6-14)4-8(12)5-10/h7,14H,2-6,10H2,1H3,(H,11,13). The Bertz CT molecular complexity index is 197. The third-order valence-electron chi connectivity index (χ3n) is 1.84. The number of Topliss-reactive ketones (excluding diaryl/α,β-unsaturated/α-hetero) is 1. The van der Waals surface area contributed by atoms with Crippen LogP contribution < -0.4 is 11.1 Å². The average molecular weight is 218 g/mol. The van der Waals surface area contributed by atoms with Gasteiger partial charge in [0.25, 0.3) is 0 Å². The predicted octanol–water partition coefficient (Wildman–Crippen LogP) is -0.0235. The van der Waals surface area contributed by atoms with Crippen LogP contribution in [0.3, 0.4) is 0 Å². The molecule has 0 aromatic rings. The van der Waals surface area contributed by atoms with Crippen molar-refractivity contribution >= 4 is 24.3 Å². The van der Waals surface area contributed by atoms with Crippen LogP contribution in [0.4, 0.5) is 0 Å². The first-order chi connectivity index (χ1) is 6.65. The minimum atomic E-state index is -0.346. The summed E-state index contributed by atoms with van der Waals surface area (Å²) in [6.45, 7) is 2.60. The molecular weight excluding hydrogens is 200 g/mol. The maximum absolute atomic E-state index is 11.4. The molecule has 82 valence electrons. The van der Waals surface area contributed by atoms with Crippen molar-refractivity contribution in [2.75, 3.05) is 18.8 Å². The van der Waals surface area contributed by atoms with Gasteiger partial charge in [0.05, 0.1) is 12.5 Å². The van der Waals surface area contributed by atoms with Crippen LogP contribution in [-0.2, 0) is 9.59 Å². The van der Waals surface area contributed by atoms with E-state index in [1.54, 1.807) is 0 Å². The van der Waals surface area contributed by atoms with Crippen LogP contribution in [0.5, 0.6) is 0 Å². The summed E-state index contributed by atoms with van der Waals surface area (Å²) < 4.78 is 0. The van der Waals surface area contributed by atoms with Crippen LogP contribution in [0, 0.1) is 5.92 Å². The maximum atomic E-state index is 11.4. The Labute approximate surface area is 90.0 Å². The summed E-state index contributed by atoms with van der Waals surface area (Å²) in [6, 6.07) is 0. The normalized spacial score (nSPS) is 12.2. The fraction of sp³-hybridized carbons (Fsp3) is 0.778. The average Bonchev–Trinajstić information content (AvgIpc) is 2.21. The van der Waals surface area contributed by atoms with E-state index in [1.165, 1.54) is 0 Å². The highest BCUT2D eigenvalue weighted by molar-refractivity contribution is 7.80. The molecule has 0 aliphatic carbocycles. The molecule has 4 nitrogen and oxygen atoms in total. The highest BCUT2D eigenvalue weighted by Gasteiger charge is 2.18. The van der Waals surface area contributed by atoms with Gasteiger partial charge in [-0.25, -0.2) is 0 Å². The second-order valence-corrected chi connectivity index (χ2v) is 3.48. The molecule has 1 atom stereocenters. The molecule has 0 aliphatic rings.